The fourth-order valence-electron chi connectivity index (χ4n) is 1.98. The Labute approximate surface area is 121 Å². The minimum absolute atomic E-state index is 0.991. The van der Waals surface area contributed by atoms with Crippen molar-refractivity contribution in [3.63, 3.8) is 0 Å². The highest BCUT2D eigenvalue weighted by molar-refractivity contribution is 7.43. The highest BCUT2D eigenvalue weighted by atomic mass is 32.2. The molecule has 3 aromatic rings. The average Bonchev–Trinajstić information content (AvgIpc) is 3.14. The van der Waals surface area contributed by atoms with Crippen LogP contribution in [0, 0.1) is 0 Å². The van der Waals surface area contributed by atoms with Gasteiger partial charge in [-0.1, -0.05) is 0 Å². The molecule has 0 bridgehead atoms. The first kappa shape index (κ1) is 11.3. The fraction of sp³-hybridized carbons (Fsp3) is 0. The molecule has 0 unspecified atom stereocenters. The molecule has 0 amide bonds. The highest BCUT2D eigenvalue weighted by Crippen LogP contribution is 2.39. The number of thiophene rings is 3. The molecule has 0 N–H and O–H groups in total. The van der Waals surface area contributed by atoms with Gasteiger partial charge in [0, 0.05) is 22.5 Å². The molecule has 5 heteroatoms. The Morgan fingerprint density at radius 3 is 2.37 bits per heavy atom. The molecule has 0 aliphatic carbocycles. The molecular weight excluding hydrogens is 292 g/mol. The zero-order chi connectivity index (χ0) is 12.7. The summed E-state index contributed by atoms with van der Waals surface area (Å²) in [5.74, 6) is 0. The number of fused-ring (bicyclic) bond motifs is 4. The second-order valence-electron chi connectivity index (χ2n) is 4.00. The maximum absolute atomic E-state index is 4.02. The smallest absolute Gasteiger partial charge is 0.0901 e. The standard InChI is InChI=1S/C8H4S3.C6H4N2/c1-3-10-8-5(1)7-6(11-8)2-4-9-7;1-3-7-6-2-4-8-5(1)6/h1-4H;1-4H. The Balaban J connectivity index is 0.000000107. The Morgan fingerprint density at radius 2 is 1.58 bits per heavy atom. The van der Waals surface area contributed by atoms with E-state index < -0.39 is 0 Å². The molecule has 3 aromatic heterocycles. The van der Waals surface area contributed by atoms with E-state index in [0.717, 1.165) is 11.4 Å². The highest BCUT2D eigenvalue weighted by Gasteiger charge is 2.08. The van der Waals surface area contributed by atoms with E-state index in [2.05, 4.69) is 32.9 Å². The predicted molar refractivity (Wildman–Crippen MR) is 88.2 cm³/mol. The van der Waals surface area contributed by atoms with Crippen LogP contribution in [0.2, 0.25) is 0 Å². The van der Waals surface area contributed by atoms with Crippen molar-refractivity contribution in [3.05, 3.63) is 46.4 Å². The second-order valence-corrected chi connectivity index (χ2v) is 7.14. The van der Waals surface area contributed by atoms with Gasteiger partial charge in [0.15, 0.2) is 0 Å². The molecule has 5 heterocycles. The van der Waals surface area contributed by atoms with Gasteiger partial charge in [0.2, 0.25) is 0 Å². The van der Waals surface area contributed by atoms with E-state index in [1.807, 2.05) is 46.2 Å². The van der Waals surface area contributed by atoms with Crippen LogP contribution in [-0.2, 0) is 0 Å². The first-order valence-electron chi connectivity index (χ1n) is 5.74. The van der Waals surface area contributed by atoms with Crippen molar-refractivity contribution in [2.24, 2.45) is 9.98 Å². The lowest BCUT2D eigenvalue weighted by atomic mass is 10.4. The second kappa shape index (κ2) is 4.52. The van der Waals surface area contributed by atoms with Crippen LogP contribution in [0.3, 0.4) is 0 Å². The lowest BCUT2D eigenvalue weighted by molar-refractivity contribution is 1.33. The topological polar surface area (TPSA) is 24.7 Å². The predicted octanol–water partition coefficient (Wildman–Crippen LogP) is 5.10. The molecule has 2 aliphatic heterocycles. The molecule has 0 spiro atoms. The Hall–Kier alpha value is -1.56. The summed E-state index contributed by atoms with van der Waals surface area (Å²) in [5, 5.41) is 5.78. The lowest BCUT2D eigenvalue weighted by Crippen LogP contribution is -1.66. The first-order chi connectivity index (χ1) is 9.42. The summed E-state index contributed by atoms with van der Waals surface area (Å²) in [4.78, 5) is 8.03. The third-order valence-corrected chi connectivity index (χ3v) is 6.15. The monoisotopic (exact) mass is 300 g/mol. The molecule has 0 aromatic carbocycles. The largest absolute Gasteiger partial charge is 0.254 e. The maximum Gasteiger partial charge on any atom is 0.0901 e. The minimum atomic E-state index is 0.991. The lowest BCUT2D eigenvalue weighted by Gasteiger charge is -1.83. The molecule has 0 saturated heterocycles. The third-order valence-electron chi connectivity index (χ3n) is 2.86. The van der Waals surface area contributed by atoms with Crippen LogP contribution in [0.15, 0.2) is 56.4 Å². The number of allylic oxidation sites excluding steroid dienone is 2. The van der Waals surface area contributed by atoms with Crippen molar-refractivity contribution in [3.8, 4) is 0 Å². The van der Waals surface area contributed by atoms with Gasteiger partial charge >= 0.3 is 0 Å². The number of hydrogen-bond acceptors (Lipinski definition) is 5. The normalized spacial score (nSPS) is 15.6. The van der Waals surface area contributed by atoms with Crippen molar-refractivity contribution in [1.82, 2.24) is 0 Å². The van der Waals surface area contributed by atoms with Crippen LogP contribution in [-0.4, -0.2) is 12.4 Å². The number of rotatable bonds is 0. The SMILES string of the molecule is C1=NC2=CC=NC2=C1.c1cc2c(s1)sc1ccsc12. The molecule has 0 saturated carbocycles. The van der Waals surface area contributed by atoms with Gasteiger partial charge in [-0.15, -0.1) is 34.0 Å². The summed E-state index contributed by atoms with van der Waals surface area (Å²) in [6, 6.07) is 4.42. The molecule has 2 aliphatic rings. The van der Waals surface area contributed by atoms with Crippen molar-refractivity contribution >= 4 is 65.2 Å². The van der Waals surface area contributed by atoms with Crippen LogP contribution >= 0.6 is 34.0 Å². The van der Waals surface area contributed by atoms with E-state index >= 15 is 0 Å². The van der Waals surface area contributed by atoms with E-state index in [0.29, 0.717) is 0 Å². The summed E-state index contributed by atoms with van der Waals surface area (Å²) in [5.41, 5.74) is 1.98. The van der Waals surface area contributed by atoms with Gasteiger partial charge in [-0.3, -0.25) is 9.98 Å². The summed E-state index contributed by atoms with van der Waals surface area (Å²) in [7, 11) is 0. The molecule has 92 valence electrons. The van der Waals surface area contributed by atoms with E-state index in [1.54, 1.807) is 12.4 Å². The van der Waals surface area contributed by atoms with Gasteiger partial charge in [0.25, 0.3) is 0 Å². The molecule has 0 fully saturated rings. The van der Waals surface area contributed by atoms with Crippen LogP contribution in [0.25, 0.3) is 18.8 Å². The van der Waals surface area contributed by atoms with E-state index in [-0.39, 0.29) is 0 Å². The minimum Gasteiger partial charge on any atom is -0.254 e. The maximum atomic E-state index is 4.02. The molecular formula is C14H8N2S3. The Morgan fingerprint density at radius 1 is 0.842 bits per heavy atom. The zero-order valence-corrected chi connectivity index (χ0v) is 12.2. The van der Waals surface area contributed by atoms with Crippen molar-refractivity contribution in [1.29, 1.82) is 0 Å². The third kappa shape index (κ3) is 1.90. The summed E-state index contributed by atoms with van der Waals surface area (Å²) in [6.07, 6.45) is 7.32. The summed E-state index contributed by atoms with van der Waals surface area (Å²) >= 11 is 5.59. The van der Waals surface area contributed by atoms with Gasteiger partial charge in [-0.2, -0.15) is 0 Å². The van der Waals surface area contributed by atoms with Crippen molar-refractivity contribution < 1.29 is 0 Å². The fourth-order valence-corrected chi connectivity index (χ4v) is 5.36. The molecule has 0 radical (unpaired) electrons. The summed E-state index contributed by atoms with van der Waals surface area (Å²) in [6.45, 7) is 0. The van der Waals surface area contributed by atoms with Crippen LogP contribution in [0.4, 0.5) is 0 Å². The first-order valence-corrected chi connectivity index (χ1v) is 8.32. The zero-order valence-electron chi connectivity index (χ0n) is 9.74. The van der Waals surface area contributed by atoms with E-state index in [4.69, 9.17) is 0 Å². The van der Waals surface area contributed by atoms with E-state index in [9.17, 15) is 0 Å². The average molecular weight is 300 g/mol. The number of hydrogen-bond donors (Lipinski definition) is 0. The quantitative estimate of drug-likeness (QED) is 0.552. The van der Waals surface area contributed by atoms with Gasteiger partial charge in [-0.05, 0) is 35.0 Å². The number of aliphatic imine (C=N–C) groups is 2. The van der Waals surface area contributed by atoms with E-state index in [1.165, 1.54) is 18.8 Å². The van der Waals surface area contributed by atoms with Gasteiger partial charge in [0.1, 0.15) is 0 Å². The number of nitrogens with zero attached hydrogens (tertiary/aromatic N) is 2. The van der Waals surface area contributed by atoms with Gasteiger partial charge in [0.05, 0.1) is 20.1 Å². The molecule has 5 rings (SSSR count). The van der Waals surface area contributed by atoms with Crippen molar-refractivity contribution in [2.45, 2.75) is 0 Å². The molecule has 2 nitrogen and oxygen atoms in total. The Kier molecular flexibility index (Phi) is 2.69. The van der Waals surface area contributed by atoms with Crippen LogP contribution in [0.1, 0.15) is 0 Å². The van der Waals surface area contributed by atoms with Crippen molar-refractivity contribution in [2.75, 3.05) is 0 Å². The molecule has 19 heavy (non-hydrogen) atoms. The van der Waals surface area contributed by atoms with Crippen LogP contribution in [0.5, 0.6) is 0 Å². The molecule has 0 atom stereocenters. The van der Waals surface area contributed by atoms with Gasteiger partial charge < -0.3 is 0 Å². The van der Waals surface area contributed by atoms with Gasteiger partial charge in [-0.25, -0.2) is 0 Å². The van der Waals surface area contributed by atoms with Crippen LogP contribution < -0.4 is 0 Å². The Bertz CT molecular complexity index is 800. The summed E-state index contributed by atoms with van der Waals surface area (Å²) < 4.78 is 4.37.